The Bertz CT molecular complexity index is 903. The SMILES string of the molecule is Cc1ccc(OCCC(=O)N(C)Cc2cnn(-c3ccccc3)c2)cc1C. The lowest BCUT2D eigenvalue weighted by Crippen LogP contribution is -2.27. The number of benzene rings is 2. The number of amides is 1. The fourth-order valence-electron chi connectivity index (χ4n) is 2.78. The monoisotopic (exact) mass is 363 g/mol. The molecule has 1 aromatic heterocycles. The van der Waals surface area contributed by atoms with E-state index in [1.54, 1.807) is 18.1 Å². The molecule has 0 fully saturated rings. The predicted molar refractivity (Wildman–Crippen MR) is 106 cm³/mol. The Kier molecular flexibility index (Phi) is 5.91. The molecule has 0 bridgehead atoms. The Morgan fingerprint density at radius 2 is 1.89 bits per heavy atom. The van der Waals surface area contributed by atoms with Crippen molar-refractivity contribution < 1.29 is 9.53 Å². The quantitative estimate of drug-likeness (QED) is 0.639. The van der Waals surface area contributed by atoms with Crippen molar-refractivity contribution in [3.63, 3.8) is 0 Å². The summed E-state index contributed by atoms with van der Waals surface area (Å²) in [4.78, 5) is 14.1. The van der Waals surface area contributed by atoms with Crippen molar-refractivity contribution in [3.8, 4) is 11.4 Å². The summed E-state index contributed by atoms with van der Waals surface area (Å²) in [5, 5.41) is 4.37. The van der Waals surface area contributed by atoms with E-state index in [2.05, 4.69) is 18.9 Å². The molecule has 140 valence electrons. The molecule has 3 aromatic rings. The molecule has 0 N–H and O–H groups in total. The van der Waals surface area contributed by atoms with Gasteiger partial charge in [-0.2, -0.15) is 5.10 Å². The fraction of sp³-hybridized carbons (Fsp3) is 0.273. The van der Waals surface area contributed by atoms with E-state index in [9.17, 15) is 4.79 Å². The van der Waals surface area contributed by atoms with Gasteiger partial charge in [-0.1, -0.05) is 24.3 Å². The summed E-state index contributed by atoms with van der Waals surface area (Å²) >= 11 is 0. The van der Waals surface area contributed by atoms with Gasteiger partial charge in [-0.3, -0.25) is 4.79 Å². The molecule has 0 radical (unpaired) electrons. The molecule has 0 saturated heterocycles. The van der Waals surface area contributed by atoms with E-state index in [1.165, 1.54) is 11.1 Å². The van der Waals surface area contributed by atoms with Crippen LogP contribution >= 0.6 is 0 Å². The molecular formula is C22H25N3O2. The molecule has 0 spiro atoms. The fourth-order valence-corrected chi connectivity index (χ4v) is 2.78. The van der Waals surface area contributed by atoms with Gasteiger partial charge in [0.1, 0.15) is 5.75 Å². The first-order chi connectivity index (χ1) is 13.0. The Morgan fingerprint density at radius 3 is 2.63 bits per heavy atom. The van der Waals surface area contributed by atoms with Gasteiger partial charge >= 0.3 is 0 Å². The van der Waals surface area contributed by atoms with Gasteiger partial charge < -0.3 is 9.64 Å². The van der Waals surface area contributed by atoms with Gasteiger partial charge in [-0.15, -0.1) is 0 Å². The summed E-state index contributed by atoms with van der Waals surface area (Å²) in [6.07, 6.45) is 4.09. The highest BCUT2D eigenvalue weighted by molar-refractivity contribution is 5.76. The Labute approximate surface area is 160 Å². The van der Waals surface area contributed by atoms with E-state index in [1.807, 2.05) is 59.4 Å². The molecule has 2 aromatic carbocycles. The molecule has 0 aliphatic heterocycles. The summed E-state index contributed by atoms with van der Waals surface area (Å²) in [5.41, 5.74) is 4.41. The Hall–Kier alpha value is -3.08. The summed E-state index contributed by atoms with van der Waals surface area (Å²) in [6, 6.07) is 15.9. The summed E-state index contributed by atoms with van der Waals surface area (Å²) in [5.74, 6) is 0.851. The minimum absolute atomic E-state index is 0.0475. The van der Waals surface area contributed by atoms with Crippen LogP contribution in [0.4, 0.5) is 0 Å². The first-order valence-electron chi connectivity index (χ1n) is 9.06. The Morgan fingerprint density at radius 1 is 1.11 bits per heavy atom. The van der Waals surface area contributed by atoms with E-state index in [0.29, 0.717) is 19.6 Å². The molecule has 5 nitrogen and oxygen atoms in total. The van der Waals surface area contributed by atoms with Crippen LogP contribution < -0.4 is 4.74 Å². The summed E-state index contributed by atoms with van der Waals surface area (Å²) in [7, 11) is 1.80. The average molecular weight is 363 g/mol. The molecule has 1 amide bonds. The molecule has 0 aliphatic rings. The smallest absolute Gasteiger partial charge is 0.226 e. The maximum absolute atomic E-state index is 12.4. The van der Waals surface area contributed by atoms with Crippen LogP contribution in [0.15, 0.2) is 60.9 Å². The lowest BCUT2D eigenvalue weighted by molar-refractivity contribution is -0.130. The normalized spacial score (nSPS) is 10.6. The van der Waals surface area contributed by atoms with Gasteiger partial charge in [-0.25, -0.2) is 4.68 Å². The number of aryl methyl sites for hydroxylation is 2. The minimum Gasteiger partial charge on any atom is -0.493 e. The third-order valence-electron chi connectivity index (χ3n) is 4.57. The largest absolute Gasteiger partial charge is 0.493 e. The molecule has 0 saturated carbocycles. The molecule has 0 atom stereocenters. The molecule has 0 unspecified atom stereocenters. The third kappa shape index (κ3) is 4.97. The van der Waals surface area contributed by atoms with E-state index in [-0.39, 0.29) is 5.91 Å². The zero-order valence-corrected chi connectivity index (χ0v) is 16.1. The van der Waals surface area contributed by atoms with E-state index >= 15 is 0 Å². The van der Waals surface area contributed by atoms with Crippen molar-refractivity contribution in [2.45, 2.75) is 26.8 Å². The Balaban J connectivity index is 1.49. The number of carbonyl (C=O) groups excluding carboxylic acids is 1. The first kappa shape index (κ1) is 18.7. The van der Waals surface area contributed by atoms with Gasteiger partial charge in [0, 0.05) is 25.4 Å². The lowest BCUT2D eigenvalue weighted by Gasteiger charge is -2.16. The van der Waals surface area contributed by atoms with Crippen molar-refractivity contribution in [3.05, 3.63) is 77.6 Å². The van der Waals surface area contributed by atoms with Crippen LogP contribution in [-0.4, -0.2) is 34.2 Å². The van der Waals surface area contributed by atoms with Gasteiger partial charge in [-0.05, 0) is 49.2 Å². The highest BCUT2D eigenvalue weighted by Gasteiger charge is 2.11. The zero-order valence-electron chi connectivity index (χ0n) is 16.1. The predicted octanol–water partition coefficient (Wildman–Crippen LogP) is 3.92. The van der Waals surface area contributed by atoms with E-state index < -0.39 is 0 Å². The highest BCUT2D eigenvalue weighted by atomic mass is 16.5. The second-order valence-electron chi connectivity index (χ2n) is 6.72. The molecule has 3 rings (SSSR count). The van der Waals surface area contributed by atoms with Crippen molar-refractivity contribution in [1.82, 2.24) is 14.7 Å². The van der Waals surface area contributed by atoms with Crippen molar-refractivity contribution in [1.29, 1.82) is 0 Å². The van der Waals surface area contributed by atoms with Crippen molar-refractivity contribution >= 4 is 5.91 Å². The average Bonchev–Trinajstić information content (AvgIpc) is 3.13. The van der Waals surface area contributed by atoms with Gasteiger partial charge in [0.15, 0.2) is 0 Å². The van der Waals surface area contributed by atoms with Gasteiger partial charge in [0.25, 0.3) is 0 Å². The number of aromatic nitrogens is 2. The van der Waals surface area contributed by atoms with E-state index in [0.717, 1.165) is 17.0 Å². The first-order valence-corrected chi connectivity index (χ1v) is 9.06. The maximum Gasteiger partial charge on any atom is 0.226 e. The number of hydrogen-bond acceptors (Lipinski definition) is 3. The number of rotatable bonds is 7. The summed E-state index contributed by atoms with van der Waals surface area (Å²) < 4.78 is 7.53. The van der Waals surface area contributed by atoms with Gasteiger partial charge in [0.2, 0.25) is 5.91 Å². The van der Waals surface area contributed by atoms with Crippen LogP contribution in [0.2, 0.25) is 0 Å². The summed E-state index contributed by atoms with van der Waals surface area (Å²) in [6.45, 7) is 5.01. The molecule has 0 aliphatic carbocycles. The molecule has 1 heterocycles. The number of carbonyl (C=O) groups is 1. The second kappa shape index (κ2) is 8.54. The lowest BCUT2D eigenvalue weighted by atomic mass is 10.1. The van der Waals surface area contributed by atoms with Gasteiger partial charge in [0.05, 0.1) is 24.9 Å². The topological polar surface area (TPSA) is 47.4 Å². The number of ether oxygens (including phenoxy) is 1. The number of para-hydroxylation sites is 1. The van der Waals surface area contributed by atoms with Crippen LogP contribution in [0.25, 0.3) is 5.69 Å². The standard InChI is InChI=1S/C22H25N3O2/c1-17-9-10-21(13-18(17)2)27-12-11-22(26)24(3)15-19-14-23-25(16-19)20-7-5-4-6-8-20/h4-10,13-14,16H,11-12,15H2,1-3H3. The molecule has 5 heteroatoms. The van der Waals surface area contributed by atoms with Crippen molar-refractivity contribution in [2.24, 2.45) is 0 Å². The highest BCUT2D eigenvalue weighted by Crippen LogP contribution is 2.16. The van der Waals surface area contributed by atoms with Crippen LogP contribution in [-0.2, 0) is 11.3 Å². The second-order valence-corrected chi connectivity index (χ2v) is 6.72. The van der Waals surface area contributed by atoms with Crippen LogP contribution in [0, 0.1) is 13.8 Å². The number of hydrogen-bond donors (Lipinski definition) is 0. The minimum atomic E-state index is 0.0475. The van der Waals surface area contributed by atoms with Crippen LogP contribution in [0.1, 0.15) is 23.1 Å². The zero-order chi connectivity index (χ0) is 19.2. The molecule has 27 heavy (non-hydrogen) atoms. The van der Waals surface area contributed by atoms with E-state index in [4.69, 9.17) is 4.74 Å². The third-order valence-corrected chi connectivity index (χ3v) is 4.57. The number of nitrogens with zero attached hydrogens (tertiary/aromatic N) is 3. The van der Waals surface area contributed by atoms with Crippen LogP contribution in [0.5, 0.6) is 5.75 Å². The maximum atomic E-state index is 12.4. The van der Waals surface area contributed by atoms with Crippen LogP contribution in [0.3, 0.4) is 0 Å². The van der Waals surface area contributed by atoms with Crippen molar-refractivity contribution in [2.75, 3.05) is 13.7 Å². The molecular weight excluding hydrogens is 338 g/mol.